The number of anilines is 3. The Bertz CT molecular complexity index is 2310. The maximum absolute atomic E-state index is 14.5. The van der Waals surface area contributed by atoms with Crippen LogP contribution >= 0.6 is 0 Å². The highest BCUT2D eigenvalue weighted by Gasteiger charge is 2.34. The van der Waals surface area contributed by atoms with E-state index in [1.54, 1.807) is 44.9 Å². The number of aromatic nitrogens is 9. The van der Waals surface area contributed by atoms with Crippen molar-refractivity contribution in [2.75, 3.05) is 120 Å². The van der Waals surface area contributed by atoms with Crippen LogP contribution in [0, 0.1) is 18.3 Å². The average Bonchev–Trinajstić information content (AvgIpc) is 4.08. The Morgan fingerprint density at radius 2 is 1.33 bits per heavy atom. The van der Waals surface area contributed by atoms with Gasteiger partial charge in [0, 0.05) is 71.7 Å². The zero-order valence-electron chi connectivity index (χ0n) is 39.8. The first-order chi connectivity index (χ1) is 33.9. The number of aliphatic hydroxyl groups excluding tert-OH is 1. The minimum absolute atomic E-state index is 0.0251. The largest absolute Gasteiger partial charge is 0.508 e. The number of aliphatic hydroxyl groups is 1. The molecule has 2 unspecified atom stereocenters. The molecule has 70 heavy (non-hydrogen) atoms. The number of hydrogen-bond acceptors (Lipinski definition) is 20. The number of phenolic OH excluding ortho intramolecular Hbond substituents is 1. The molecule has 5 heterocycles. The summed E-state index contributed by atoms with van der Waals surface area (Å²) in [4.78, 5) is 61.9. The summed E-state index contributed by atoms with van der Waals surface area (Å²) in [6.45, 7) is 9.00. The van der Waals surface area contributed by atoms with Gasteiger partial charge in [-0.2, -0.15) is 15.0 Å². The van der Waals surface area contributed by atoms with Crippen LogP contribution in [0.3, 0.4) is 0 Å². The van der Waals surface area contributed by atoms with Crippen LogP contribution in [0.5, 0.6) is 5.75 Å². The molecule has 0 aliphatic carbocycles. The van der Waals surface area contributed by atoms with E-state index < -0.39 is 24.1 Å². The van der Waals surface area contributed by atoms with Crippen molar-refractivity contribution in [2.24, 2.45) is 17.4 Å². The van der Waals surface area contributed by atoms with Gasteiger partial charge in [-0.05, 0) is 30.0 Å². The number of aliphatic carboxylic acids is 1. The Morgan fingerprint density at radius 1 is 0.786 bits per heavy atom. The maximum atomic E-state index is 14.5. The first-order valence-corrected chi connectivity index (χ1v) is 23.6. The fourth-order valence-corrected chi connectivity index (χ4v) is 7.82. The highest BCUT2D eigenvalue weighted by Crippen LogP contribution is 2.26. The number of nitrogens with one attached hydrogen (secondary N) is 1. The SMILES string of the molecule is C#CCOCCOCCOCCNc1nc(N2CCN(C(=O)[C@H](CCC(=O)O)n3cc(C(N)CO)nn3)CC2)nc(N2CCN(C(=O)[C@H](Cc3ccc(O)cc3)n3cc(C(N)[C@H](C)CC)nn3)CC2)n1. The summed E-state index contributed by atoms with van der Waals surface area (Å²) in [6.07, 6.45) is 9.28. The molecule has 0 bridgehead atoms. The van der Waals surface area contributed by atoms with Gasteiger partial charge in [-0.15, -0.1) is 16.6 Å². The van der Waals surface area contributed by atoms with Crippen LogP contribution in [0.1, 0.15) is 74.2 Å². The van der Waals surface area contributed by atoms with E-state index in [-0.39, 0.29) is 74.4 Å². The van der Waals surface area contributed by atoms with Crippen LogP contribution in [0.25, 0.3) is 0 Å². The number of hydrogen-bond donors (Lipinski definition) is 6. The van der Waals surface area contributed by atoms with Gasteiger partial charge in [-0.25, -0.2) is 9.36 Å². The van der Waals surface area contributed by atoms with Gasteiger partial charge in [-0.1, -0.05) is 48.7 Å². The van der Waals surface area contributed by atoms with Gasteiger partial charge in [0.25, 0.3) is 0 Å². The second-order valence-electron chi connectivity index (χ2n) is 17.1. The molecule has 6 rings (SSSR count). The number of amides is 2. The fourth-order valence-electron chi connectivity index (χ4n) is 7.82. The number of nitrogens with two attached hydrogens (primary N) is 2. The molecular formula is C45H66N16O9. The van der Waals surface area contributed by atoms with Crippen molar-refractivity contribution in [3.8, 4) is 18.1 Å². The van der Waals surface area contributed by atoms with E-state index >= 15 is 0 Å². The van der Waals surface area contributed by atoms with Crippen molar-refractivity contribution in [3.63, 3.8) is 0 Å². The normalized spacial score (nSPS) is 16.3. The molecule has 4 aromatic rings. The highest BCUT2D eigenvalue weighted by molar-refractivity contribution is 5.82. The maximum Gasteiger partial charge on any atom is 0.303 e. The van der Waals surface area contributed by atoms with Crippen molar-refractivity contribution < 1.29 is 43.9 Å². The lowest BCUT2D eigenvalue weighted by molar-refractivity contribution is -0.139. The summed E-state index contributed by atoms with van der Waals surface area (Å²) in [7, 11) is 0. The molecule has 1 aromatic carbocycles. The summed E-state index contributed by atoms with van der Waals surface area (Å²) in [5.41, 5.74) is 14.2. The highest BCUT2D eigenvalue weighted by atomic mass is 16.5. The number of carbonyl (C=O) groups is 3. The molecule has 2 amide bonds. The molecule has 380 valence electrons. The minimum Gasteiger partial charge on any atom is -0.508 e. The molecular weight excluding hydrogens is 909 g/mol. The molecule has 8 N–H and O–H groups in total. The molecule has 5 atom stereocenters. The van der Waals surface area contributed by atoms with E-state index in [0.29, 0.717) is 109 Å². The number of piperazine rings is 2. The molecule has 2 aliphatic heterocycles. The fraction of sp³-hybridized carbons (Fsp3) is 0.600. The third kappa shape index (κ3) is 14.7. The number of nitrogens with zero attached hydrogens (tertiary/aromatic N) is 13. The first-order valence-electron chi connectivity index (χ1n) is 23.6. The van der Waals surface area contributed by atoms with Gasteiger partial charge in [0.2, 0.25) is 29.7 Å². The Morgan fingerprint density at radius 3 is 1.90 bits per heavy atom. The van der Waals surface area contributed by atoms with Crippen LogP contribution in [-0.4, -0.2) is 193 Å². The predicted molar refractivity (Wildman–Crippen MR) is 254 cm³/mol. The zero-order chi connectivity index (χ0) is 50.0. The smallest absolute Gasteiger partial charge is 0.303 e. The Kier molecular flexibility index (Phi) is 19.9. The van der Waals surface area contributed by atoms with E-state index in [1.165, 1.54) is 10.9 Å². The van der Waals surface area contributed by atoms with Crippen molar-refractivity contribution in [2.45, 2.75) is 63.7 Å². The van der Waals surface area contributed by atoms with Gasteiger partial charge in [0.1, 0.15) is 30.1 Å². The molecule has 3 aromatic heterocycles. The standard InChI is InChI=1S/C45H66N16O9/c1-4-21-68-23-25-70-26-24-69-22-12-48-43-49-44(58-17-13-56(14-18-58)41(66)37(10-11-39(64)65)60-28-35(52-54-60)34(46)30-62)51-45(50-43)59-19-15-57(16-20-59)42(67)38(27-32-6-8-33(63)9-7-32)61-29-36(53-55-61)40(47)31(3)5-2/h1,6-9,28-29,31,34,37-38,40,62-63H,5,10-27,30,46-47H2,2-3H3,(H,64,65)(H,48,49,50,51)/t31-,34?,37+,38+,40?/m1/s1. The second-order valence-corrected chi connectivity index (χ2v) is 17.1. The quantitative estimate of drug-likeness (QED) is 0.0332. The van der Waals surface area contributed by atoms with Gasteiger partial charge in [0.15, 0.2) is 0 Å². The summed E-state index contributed by atoms with van der Waals surface area (Å²) < 4.78 is 19.4. The summed E-state index contributed by atoms with van der Waals surface area (Å²) in [5, 5.41) is 49.0. The number of benzene rings is 1. The van der Waals surface area contributed by atoms with Crippen LogP contribution in [0.4, 0.5) is 17.8 Å². The van der Waals surface area contributed by atoms with Crippen LogP contribution in [-0.2, 0) is 35.0 Å². The van der Waals surface area contributed by atoms with Crippen LogP contribution in [0.2, 0.25) is 0 Å². The minimum atomic E-state index is -1.06. The van der Waals surface area contributed by atoms with Crippen molar-refractivity contribution >= 4 is 35.6 Å². The van der Waals surface area contributed by atoms with Gasteiger partial charge >= 0.3 is 5.97 Å². The third-order valence-corrected chi connectivity index (χ3v) is 12.3. The number of phenols is 1. The lowest BCUT2D eigenvalue weighted by Gasteiger charge is -2.38. The van der Waals surface area contributed by atoms with Gasteiger partial charge in [0.05, 0.1) is 69.8 Å². The topological polar surface area (TPSA) is 317 Å². The first kappa shape index (κ1) is 52.8. The molecule has 2 aliphatic rings. The van der Waals surface area contributed by atoms with E-state index in [1.807, 2.05) is 9.80 Å². The Balaban J connectivity index is 1.14. The number of carboxylic acid groups (broad SMARTS) is 1. The van der Waals surface area contributed by atoms with Gasteiger partial charge < -0.3 is 65.9 Å². The van der Waals surface area contributed by atoms with E-state index in [9.17, 15) is 29.7 Å². The number of carbonyl (C=O) groups excluding carboxylic acids is 2. The molecule has 25 heteroatoms. The lowest BCUT2D eigenvalue weighted by Crippen LogP contribution is -2.52. The third-order valence-electron chi connectivity index (χ3n) is 12.3. The van der Waals surface area contributed by atoms with Crippen molar-refractivity contribution in [1.29, 1.82) is 0 Å². The number of terminal acetylenes is 1. The lowest BCUT2D eigenvalue weighted by atomic mass is 9.98. The van der Waals surface area contributed by atoms with Crippen molar-refractivity contribution in [3.05, 3.63) is 53.6 Å². The van der Waals surface area contributed by atoms with Crippen LogP contribution < -0.4 is 26.6 Å². The average molecular weight is 975 g/mol. The molecule has 2 fully saturated rings. The monoisotopic (exact) mass is 975 g/mol. The summed E-state index contributed by atoms with van der Waals surface area (Å²) in [5.74, 6) is 2.26. The number of ether oxygens (including phenoxy) is 3. The molecule has 25 nitrogen and oxygen atoms in total. The molecule has 2 saturated heterocycles. The zero-order valence-corrected chi connectivity index (χ0v) is 39.8. The number of rotatable bonds is 27. The Hall–Kier alpha value is -6.56. The molecule has 0 radical (unpaired) electrons. The van der Waals surface area contributed by atoms with E-state index in [4.69, 9.17) is 47.1 Å². The van der Waals surface area contributed by atoms with Crippen molar-refractivity contribution in [1.82, 2.24) is 54.7 Å². The predicted octanol–water partition coefficient (Wildman–Crippen LogP) is -0.220. The number of aromatic hydroxyl groups is 1. The molecule has 0 saturated carbocycles. The second kappa shape index (κ2) is 26.4. The summed E-state index contributed by atoms with van der Waals surface area (Å²) in [6, 6.07) is 3.92. The van der Waals surface area contributed by atoms with Gasteiger partial charge in [-0.3, -0.25) is 14.4 Å². The van der Waals surface area contributed by atoms with Crippen LogP contribution in [0.15, 0.2) is 36.7 Å². The molecule has 0 spiro atoms. The van der Waals surface area contributed by atoms with E-state index in [0.717, 1.165) is 12.0 Å². The van der Waals surface area contributed by atoms with E-state index in [2.05, 4.69) is 45.7 Å². The number of carboxylic acids is 1. The Labute approximate surface area is 406 Å². The summed E-state index contributed by atoms with van der Waals surface area (Å²) >= 11 is 0.